The Morgan fingerprint density at radius 1 is 1.29 bits per heavy atom. The third kappa shape index (κ3) is 2.20. The number of rotatable bonds is 3. The standard InChI is InChI=1S/C9H9N3OS/c13-8-3-1-7(2-4-8)5-10-9-11-6-12-14-9/h1-4,6,13H,5H2,(H,10,11,12). The van der Waals surface area contributed by atoms with Gasteiger partial charge >= 0.3 is 0 Å². The van der Waals surface area contributed by atoms with Crippen LogP contribution in [-0.4, -0.2) is 14.5 Å². The van der Waals surface area contributed by atoms with Gasteiger partial charge in [-0.3, -0.25) is 0 Å². The van der Waals surface area contributed by atoms with E-state index in [0.29, 0.717) is 6.54 Å². The molecule has 2 N–H and O–H groups in total. The monoisotopic (exact) mass is 207 g/mol. The second-order valence-corrected chi connectivity index (χ2v) is 3.55. The molecule has 4 nitrogen and oxygen atoms in total. The van der Waals surface area contributed by atoms with Gasteiger partial charge in [0.25, 0.3) is 0 Å². The number of phenols is 1. The predicted octanol–water partition coefficient (Wildman–Crippen LogP) is 1.86. The molecule has 0 aliphatic rings. The number of benzene rings is 1. The number of aromatic nitrogens is 2. The van der Waals surface area contributed by atoms with Crippen LogP contribution in [0, 0.1) is 0 Å². The molecule has 0 saturated carbocycles. The van der Waals surface area contributed by atoms with E-state index in [-0.39, 0.29) is 5.75 Å². The summed E-state index contributed by atoms with van der Waals surface area (Å²) in [6.07, 6.45) is 1.52. The lowest BCUT2D eigenvalue weighted by Gasteiger charge is -2.01. The van der Waals surface area contributed by atoms with Gasteiger partial charge in [0.15, 0.2) is 0 Å². The molecule has 0 amide bonds. The van der Waals surface area contributed by atoms with Gasteiger partial charge < -0.3 is 10.4 Å². The first-order chi connectivity index (χ1) is 6.84. The minimum atomic E-state index is 0.282. The van der Waals surface area contributed by atoms with E-state index in [2.05, 4.69) is 14.7 Å². The third-order valence-electron chi connectivity index (χ3n) is 1.74. The summed E-state index contributed by atoms with van der Waals surface area (Å²) in [7, 11) is 0. The molecule has 0 atom stereocenters. The van der Waals surface area contributed by atoms with E-state index in [9.17, 15) is 0 Å². The molecule has 2 rings (SSSR count). The van der Waals surface area contributed by atoms with Gasteiger partial charge in [-0.05, 0) is 17.7 Å². The van der Waals surface area contributed by atoms with Gasteiger partial charge in [-0.15, -0.1) is 0 Å². The van der Waals surface area contributed by atoms with Crippen LogP contribution in [0.3, 0.4) is 0 Å². The molecule has 5 heteroatoms. The summed E-state index contributed by atoms with van der Waals surface area (Å²) in [5.41, 5.74) is 1.10. The molecule has 0 radical (unpaired) electrons. The number of hydrogen-bond acceptors (Lipinski definition) is 5. The van der Waals surface area contributed by atoms with Crippen LogP contribution in [0.1, 0.15) is 5.56 Å². The van der Waals surface area contributed by atoms with Gasteiger partial charge in [-0.1, -0.05) is 12.1 Å². The smallest absolute Gasteiger partial charge is 0.202 e. The number of aromatic hydroxyl groups is 1. The highest BCUT2D eigenvalue weighted by Gasteiger charge is 1.96. The molecular formula is C9H9N3OS. The second-order valence-electron chi connectivity index (χ2n) is 2.77. The lowest BCUT2D eigenvalue weighted by molar-refractivity contribution is 0.475. The molecule has 0 fully saturated rings. The van der Waals surface area contributed by atoms with E-state index in [1.807, 2.05) is 12.1 Å². The van der Waals surface area contributed by atoms with Crippen molar-refractivity contribution >= 4 is 16.7 Å². The van der Waals surface area contributed by atoms with Gasteiger partial charge in [0, 0.05) is 18.1 Å². The van der Waals surface area contributed by atoms with Crippen LogP contribution >= 0.6 is 11.5 Å². The van der Waals surface area contributed by atoms with Crippen LogP contribution in [0.15, 0.2) is 30.6 Å². The minimum absolute atomic E-state index is 0.282. The fourth-order valence-corrected chi connectivity index (χ4v) is 1.47. The Morgan fingerprint density at radius 3 is 2.71 bits per heavy atom. The van der Waals surface area contributed by atoms with Crippen LogP contribution in [0.2, 0.25) is 0 Å². The topological polar surface area (TPSA) is 58.0 Å². The first kappa shape index (κ1) is 8.96. The largest absolute Gasteiger partial charge is 0.508 e. The summed E-state index contributed by atoms with van der Waals surface area (Å²) in [6.45, 7) is 0.690. The van der Waals surface area contributed by atoms with Crippen LogP contribution in [-0.2, 0) is 6.54 Å². The molecule has 0 aliphatic carbocycles. The van der Waals surface area contributed by atoms with E-state index < -0.39 is 0 Å². The fraction of sp³-hybridized carbons (Fsp3) is 0.111. The summed E-state index contributed by atoms with van der Waals surface area (Å²) in [5, 5.41) is 13.0. The average molecular weight is 207 g/mol. The first-order valence-corrected chi connectivity index (χ1v) is 4.90. The van der Waals surface area contributed by atoms with Gasteiger partial charge in [-0.2, -0.15) is 4.37 Å². The van der Waals surface area contributed by atoms with Crippen molar-refractivity contribution < 1.29 is 5.11 Å². The van der Waals surface area contributed by atoms with Crippen LogP contribution < -0.4 is 5.32 Å². The van der Waals surface area contributed by atoms with E-state index in [4.69, 9.17) is 5.11 Å². The first-order valence-electron chi connectivity index (χ1n) is 4.13. The minimum Gasteiger partial charge on any atom is -0.508 e. The highest BCUT2D eigenvalue weighted by Crippen LogP contribution is 2.12. The molecule has 0 spiro atoms. The lowest BCUT2D eigenvalue weighted by Crippen LogP contribution is -1.97. The maximum atomic E-state index is 9.07. The van der Waals surface area contributed by atoms with Crippen molar-refractivity contribution in [3.05, 3.63) is 36.2 Å². The highest BCUT2D eigenvalue weighted by atomic mass is 32.1. The number of hydrogen-bond donors (Lipinski definition) is 2. The van der Waals surface area contributed by atoms with Gasteiger partial charge in [0.2, 0.25) is 5.13 Å². The van der Waals surface area contributed by atoms with Crippen LogP contribution in [0.25, 0.3) is 0 Å². The van der Waals surface area contributed by atoms with Gasteiger partial charge in [-0.25, -0.2) is 4.98 Å². The SMILES string of the molecule is Oc1ccc(CNc2ncns2)cc1. The van der Waals surface area contributed by atoms with E-state index in [1.165, 1.54) is 17.9 Å². The van der Waals surface area contributed by atoms with Gasteiger partial charge in [0.05, 0.1) is 0 Å². The summed E-state index contributed by atoms with van der Waals surface area (Å²) < 4.78 is 3.88. The number of anilines is 1. The highest BCUT2D eigenvalue weighted by molar-refractivity contribution is 7.09. The quantitative estimate of drug-likeness (QED) is 0.806. The molecule has 0 aliphatic heterocycles. The van der Waals surface area contributed by atoms with Crippen LogP contribution in [0.4, 0.5) is 5.13 Å². The molecular weight excluding hydrogens is 198 g/mol. The van der Waals surface area contributed by atoms with Crippen molar-refractivity contribution in [3.63, 3.8) is 0 Å². The van der Waals surface area contributed by atoms with Crippen molar-refractivity contribution in [2.75, 3.05) is 5.32 Å². The number of nitrogens with zero attached hydrogens (tertiary/aromatic N) is 2. The zero-order valence-electron chi connectivity index (χ0n) is 7.34. The second kappa shape index (κ2) is 4.06. The normalized spacial score (nSPS) is 10.0. The Labute approximate surface area is 85.4 Å². The zero-order valence-corrected chi connectivity index (χ0v) is 8.16. The third-order valence-corrected chi connectivity index (χ3v) is 2.36. The Kier molecular flexibility index (Phi) is 2.60. The predicted molar refractivity (Wildman–Crippen MR) is 55.3 cm³/mol. The maximum absolute atomic E-state index is 9.07. The molecule has 0 bridgehead atoms. The molecule has 0 saturated heterocycles. The van der Waals surface area contributed by atoms with Crippen molar-refractivity contribution in [2.24, 2.45) is 0 Å². The molecule has 14 heavy (non-hydrogen) atoms. The summed E-state index contributed by atoms with van der Waals surface area (Å²) in [4.78, 5) is 4.00. The number of nitrogens with one attached hydrogen (secondary N) is 1. The fourth-order valence-electron chi connectivity index (χ4n) is 1.04. The Balaban J connectivity index is 1.95. The van der Waals surface area contributed by atoms with E-state index in [0.717, 1.165) is 10.7 Å². The zero-order chi connectivity index (χ0) is 9.80. The summed E-state index contributed by atoms with van der Waals surface area (Å²) >= 11 is 1.32. The summed E-state index contributed by atoms with van der Waals surface area (Å²) in [5.74, 6) is 0.282. The molecule has 1 aromatic carbocycles. The van der Waals surface area contributed by atoms with Crippen molar-refractivity contribution in [1.29, 1.82) is 0 Å². The Morgan fingerprint density at radius 2 is 2.07 bits per heavy atom. The van der Waals surface area contributed by atoms with Crippen molar-refractivity contribution in [1.82, 2.24) is 9.36 Å². The maximum Gasteiger partial charge on any atom is 0.202 e. The van der Waals surface area contributed by atoms with Crippen LogP contribution in [0.5, 0.6) is 5.75 Å². The Bertz CT molecular complexity index is 385. The molecule has 1 heterocycles. The molecule has 1 aromatic heterocycles. The number of phenolic OH excluding ortho intramolecular Hbond substituents is 1. The Hall–Kier alpha value is -1.62. The molecule has 72 valence electrons. The molecule has 0 unspecified atom stereocenters. The lowest BCUT2D eigenvalue weighted by atomic mass is 10.2. The average Bonchev–Trinajstić information content (AvgIpc) is 2.70. The van der Waals surface area contributed by atoms with Gasteiger partial charge in [0.1, 0.15) is 12.1 Å². The van der Waals surface area contributed by atoms with E-state index in [1.54, 1.807) is 12.1 Å². The van der Waals surface area contributed by atoms with Crippen molar-refractivity contribution in [3.8, 4) is 5.75 Å². The van der Waals surface area contributed by atoms with Crippen molar-refractivity contribution in [2.45, 2.75) is 6.54 Å². The molecule has 2 aromatic rings. The van der Waals surface area contributed by atoms with E-state index >= 15 is 0 Å². The summed E-state index contributed by atoms with van der Waals surface area (Å²) in [6, 6.07) is 7.06.